The van der Waals surface area contributed by atoms with Crippen LogP contribution in [0.15, 0.2) is 18.2 Å². The van der Waals surface area contributed by atoms with Gasteiger partial charge in [-0.1, -0.05) is 23.8 Å². The maximum absolute atomic E-state index is 6.25. The number of aromatic nitrogens is 1. The molecule has 0 radical (unpaired) electrons. The molecule has 0 saturated carbocycles. The SMILES string of the molecule is NC(=S)c1ccc(Nc2nc3c(s2)CCCC3)c(Cl)c1. The predicted molar refractivity (Wildman–Crippen MR) is 89.4 cm³/mol. The van der Waals surface area contributed by atoms with Gasteiger partial charge in [-0.2, -0.15) is 0 Å². The summed E-state index contributed by atoms with van der Waals surface area (Å²) in [5.41, 5.74) is 8.43. The molecule has 1 aromatic heterocycles. The molecule has 1 heterocycles. The van der Waals surface area contributed by atoms with Gasteiger partial charge in [0.2, 0.25) is 0 Å². The van der Waals surface area contributed by atoms with E-state index in [1.54, 1.807) is 17.4 Å². The number of thiazole rings is 1. The minimum Gasteiger partial charge on any atom is -0.389 e. The van der Waals surface area contributed by atoms with E-state index in [1.807, 2.05) is 12.1 Å². The van der Waals surface area contributed by atoms with Gasteiger partial charge in [0.1, 0.15) is 4.99 Å². The van der Waals surface area contributed by atoms with Crippen molar-refractivity contribution in [2.75, 3.05) is 5.32 Å². The highest BCUT2D eigenvalue weighted by Gasteiger charge is 2.15. The van der Waals surface area contributed by atoms with Crippen LogP contribution in [0.5, 0.6) is 0 Å². The topological polar surface area (TPSA) is 50.9 Å². The fourth-order valence-electron chi connectivity index (χ4n) is 2.29. The Bertz CT molecular complexity index is 643. The van der Waals surface area contributed by atoms with Gasteiger partial charge in [0.15, 0.2) is 5.13 Å². The van der Waals surface area contributed by atoms with Crippen molar-refractivity contribution in [2.24, 2.45) is 5.73 Å². The van der Waals surface area contributed by atoms with E-state index in [0.29, 0.717) is 10.0 Å². The summed E-state index contributed by atoms with van der Waals surface area (Å²) in [6.07, 6.45) is 4.72. The minimum atomic E-state index is 0.350. The first-order chi connectivity index (χ1) is 9.63. The van der Waals surface area contributed by atoms with E-state index in [-0.39, 0.29) is 0 Å². The second-order valence-electron chi connectivity index (χ2n) is 4.78. The van der Waals surface area contributed by atoms with Crippen molar-refractivity contribution < 1.29 is 0 Å². The molecule has 0 aliphatic heterocycles. The van der Waals surface area contributed by atoms with Crippen molar-refractivity contribution in [3.63, 3.8) is 0 Å². The van der Waals surface area contributed by atoms with E-state index in [2.05, 4.69) is 10.3 Å². The first kappa shape index (κ1) is 13.8. The number of halogens is 1. The van der Waals surface area contributed by atoms with Crippen LogP contribution in [-0.2, 0) is 12.8 Å². The number of rotatable bonds is 3. The van der Waals surface area contributed by atoms with Crippen LogP contribution in [0.1, 0.15) is 29.0 Å². The third kappa shape index (κ3) is 2.80. The zero-order chi connectivity index (χ0) is 14.1. The summed E-state index contributed by atoms with van der Waals surface area (Å²) in [4.78, 5) is 6.39. The van der Waals surface area contributed by atoms with Crippen LogP contribution >= 0.6 is 35.2 Å². The number of hydrogen-bond donors (Lipinski definition) is 2. The summed E-state index contributed by atoms with van der Waals surface area (Å²) in [6, 6.07) is 5.53. The third-order valence-electron chi connectivity index (χ3n) is 3.34. The smallest absolute Gasteiger partial charge is 0.187 e. The summed E-state index contributed by atoms with van der Waals surface area (Å²) >= 11 is 12.9. The highest BCUT2D eigenvalue weighted by molar-refractivity contribution is 7.80. The van der Waals surface area contributed by atoms with Crippen molar-refractivity contribution in [1.82, 2.24) is 4.98 Å². The molecular weight excluding hydrogens is 310 g/mol. The Kier molecular flexibility index (Phi) is 3.92. The Balaban J connectivity index is 1.84. The summed E-state index contributed by atoms with van der Waals surface area (Å²) in [5.74, 6) is 0. The maximum atomic E-state index is 6.25. The number of nitrogens with one attached hydrogen (secondary N) is 1. The largest absolute Gasteiger partial charge is 0.389 e. The molecule has 0 atom stereocenters. The average Bonchev–Trinajstić information content (AvgIpc) is 2.83. The molecule has 3 nitrogen and oxygen atoms in total. The second-order valence-corrected chi connectivity index (χ2v) is 6.71. The Hall–Kier alpha value is -1.17. The van der Waals surface area contributed by atoms with E-state index >= 15 is 0 Å². The highest BCUT2D eigenvalue weighted by atomic mass is 35.5. The molecule has 0 bridgehead atoms. The predicted octanol–water partition coefficient (Wildman–Crippen LogP) is 4.05. The van der Waals surface area contributed by atoms with E-state index in [0.717, 1.165) is 29.2 Å². The minimum absolute atomic E-state index is 0.350. The zero-order valence-electron chi connectivity index (χ0n) is 10.8. The molecule has 1 aliphatic rings. The lowest BCUT2D eigenvalue weighted by Gasteiger charge is -2.07. The molecule has 1 aromatic carbocycles. The van der Waals surface area contributed by atoms with Crippen molar-refractivity contribution in [2.45, 2.75) is 25.7 Å². The normalized spacial score (nSPS) is 13.8. The number of hydrogen-bond acceptors (Lipinski definition) is 4. The van der Waals surface area contributed by atoms with Crippen molar-refractivity contribution in [3.05, 3.63) is 39.4 Å². The Morgan fingerprint density at radius 3 is 2.85 bits per heavy atom. The van der Waals surface area contributed by atoms with Crippen LogP contribution in [-0.4, -0.2) is 9.97 Å². The van der Waals surface area contributed by atoms with Crippen LogP contribution < -0.4 is 11.1 Å². The average molecular weight is 324 g/mol. The van der Waals surface area contributed by atoms with Gasteiger partial charge in [0, 0.05) is 10.4 Å². The first-order valence-electron chi connectivity index (χ1n) is 6.48. The number of thiocarbonyl (C=S) groups is 1. The van der Waals surface area contributed by atoms with E-state index in [1.165, 1.54) is 23.4 Å². The van der Waals surface area contributed by atoms with Crippen molar-refractivity contribution in [1.29, 1.82) is 0 Å². The molecule has 2 aromatic rings. The molecule has 3 rings (SSSR count). The lowest BCUT2D eigenvalue weighted by molar-refractivity contribution is 0.683. The van der Waals surface area contributed by atoms with Gasteiger partial charge in [-0.15, -0.1) is 11.3 Å². The highest BCUT2D eigenvalue weighted by Crippen LogP contribution is 2.33. The van der Waals surface area contributed by atoms with Crippen LogP contribution in [0, 0.1) is 0 Å². The van der Waals surface area contributed by atoms with Gasteiger partial charge in [0.25, 0.3) is 0 Å². The van der Waals surface area contributed by atoms with E-state index in [9.17, 15) is 0 Å². The number of nitrogens with two attached hydrogens (primary N) is 1. The molecule has 0 fully saturated rings. The molecule has 0 spiro atoms. The summed E-state index contributed by atoms with van der Waals surface area (Å²) in [6.45, 7) is 0. The summed E-state index contributed by atoms with van der Waals surface area (Å²) < 4.78 is 0. The van der Waals surface area contributed by atoms with Gasteiger partial charge in [-0.25, -0.2) is 4.98 Å². The second kappa shape index (κ2) is 5.68. The fourth-order valence-corrected chi connectivity index (χ4v) is 3.71. The van der Waals surface area contributed by atoms with E-state index < -0.39 is 0 Å². The van der Waals surface area contributed by atoms with Gasteiger partial charge in [-0.3, -0.25) is 0 Å². The molecule has 0 amide bonds. The van der Waals surface area contributed by atoms with E-state index in [4.69, 9.17) is 29.6 Å². The molecule has 6 heteroatoms. The van der Waals surface area contributed by atoms with Crippen LogP contribution in [0.2, 0.25) is 5.02 Å². The Morgan fingerprint density at radius 2 is 2.15 bits per heavy atom. The molecule has 0 unspecified atom stereocenters. The number of fused-ring (bicyclic) bond motifs is 1. The molecular formula is C14H14ClN3S2. The number of aryl methyl sites for hydroxylation is 2. The molecule has 1 aliphatic carbocycles. The van der Waals surface area contributed by atoms with Crippen LogP contribution in [0.25, 0.3) is 0 Å². The fraction of sp³-hybridized carbons (Fsp3) is 0.286. The molecule has 0 saturated heterocycles. The van der Waals surface area contributed by atoms with Gasteiger partial charge >= 0.3 is 0 Å². The van der Waals surface area contributed by atoms with Gasteiger partial charge < -0.3 is 11.1 Å². The Labute approximate surface area is 132 Å². The lowest BCUT2D eigenvalue weighted by Crippen LogP contribution is -2.09. The Morgan fingerprint density at radius 1 is 1.35 bits per heavy atom. The van der Waals surface area contributed by atoms with Crippen LogP contribution in [0.4, 0.5) is 10.8 Å². The number of anilines is 2. The maximum Gasteiger partial charge on any atom is 0.187 e. The van der Waals surface area contributed by atoms with Gasteiger partial charge in [0.05, 0.1) is 16.4 Å². The third-order valence-corrected chi connectivity index (χ3v) is 4.96. The number of benzene rings is 1. The molecule has 20 heavy (non-hydrogen) atoms. The van der Waals surface area contributed by atoms with Crippen LogP contribution in [0.3, 0.4) is 0 Å². The monoisotopic (exact) mass is 323 g/mol. The van der Waals surface area contributed by atoms with Crippen molar-refractivity contribution in [3.8, 4) is 0 Å². The summed E-state index contributed by atoms with van der Waals surface area (Å²) in [7, 11) is 0. The lowest BCUT2D eigenvalue weighted by atomic mass is 10.0. The zero-order valence-corrected chi connectivity index (χ0v) is 13.2. The first-order valence-corrected chi connectivity index (χ1v) is 8.09. The standard InChI is InChI=1S/C14H14ClN3S2/c15-9-7-8(13(16)19)5-6-10(9)17-14-18-11-3-1-2-4-12(11)20-14/h5-7H,1-4H2,(H2,16,19)(H,17,18). The quantitative estimate of drug-likeness (QED) is 0.837. The van der Waals surface area contributed by atoms with Crippen molar-refractivity contribution >= 4 is 51.0 Å². The number of nitrogens with zero attached hydrogens (tertiary/aromatic N) is 1. The molecule has 3 N–H and O–H groups in total. The molecule has 104 valence electrons. The summed E-state index contributed by atoms with van der Waals surface area (Å²) in [5, 5.41) is 4.79. The van der Waals surface area contributed by atoms with Gasteiger partial charge in [-0.05, 0) is 43.9 Å².